The molecule has 0 heterocycles. The lowest BCUT2D eigenvalue weighted by Crippen LogP contribution is -2.06. The van der Waals surface area contributed by atoms with Gasteiger partial charge >= 0.3 is 6.18 Å². The molecule has 5 heteroatoms. The molecule has 0 fully saturated rings. The van der Waals surface area contributed by atoms with Crippen molar-refractivity contribution in [2.75, 3.05) is 0 Å². The zero-order valence-corrected chi connectivity index (χ0v) is 10.3. The second-order valence-corrected chi connectivity index (χ2v) is 4.13. The summed E-state index contributed by atoms with van der Waals surface area (Å²) >= 11 is 0. The van der Waals surface area contributed by atoms with Gasteiger partial charge < -0.3 is 4.74 Å². The summed E-state index contributed by atoms with van der Waals surface area (Å²) < 4.78 is 43.4. The van der Waals surface area contributed by atoms with Crippen LogP contribution in [0.1, 0.15) is 16.7 Å². The first-order chi connectivity index (χ1) is 9.49. The molecule has 2 aromatic carbocycles. The molecule has 20 heavy (non-hydrogen) atoms. The van der Waals surface area contributed by atoms with Crippen molar-refractivity contribution in [3.8, 4) is 11.8 Å². The highest BCUT2D eigenvalue weighted by Gasteiger charge is 2.31. The largest absolute Gasteiger partial charge is 0.489 e. The average molecular weight is 277 g/mol. The van der Waals surface area contributed by atoms with Gasteiger partial charge in [0, 0.05) is 0 Å². The molecule has 0 unspecified atom stereocenters. The summed E-state index contributed by atoms with van der Waals surface area (Å²) in [5, 5.41) is 8.76. The predicted octanol–water partition coefficient (Wildman–Crippen LogP) is 4.16. The minimum Gasteiger partial charge on any atom is -0.489 e. The first-order valence-electron chi connectivity index (χ1n) is 5.78. The highest BCUT2D eigenvalue weighted by atomic mass is 19.4. The van der Waals surface area contributed by atoms with Crippen LogP contribution in [0.5, 0.6) is 5.75 Å². The molecule has 0 amide bonds. The van der Waals surface area contributed by atoms with Gasteiger partial charge in [0.25, 0.3) is 0 Å². The number of benzene rings is 2. The molecule has 2 nitrogen and oxygen atoms in total. The Balaban J connectivity index is 2.22. The van der Waals surface area contributed by atoms with E-state index in [0.29, 0.717) is 0 Å². The minimum atomic E-state index is -4.50. The van der Waals surface area contributed by atoms with Gasteiger partial charge in [0.1, 0.15) is 12.4 Å². The molecule has 0 radical (unpaired) electrons. The van der Waals surface area contributed by atoms with E-state index in [1.54, 1.807) is 18.2 Å². The van der Waals surface area contributed by atoms with Crippen LogP contribution in [-0.4, -0.2) is 0 Å². The average Bonchev–Trinajstić information content (AvgIpc) is 2.45. The molecule has 0 bridgehead atoms. The van der Waals surface area contributed by atoms with Gasteiger partial charge in [-0.25, -0.2) is 0 Å². The normalized spacial score (nSPS) is 10.9. The van der Waals surface area contributed by atoms with Crippen molar-refractivity contribution in [2.24, 2.45) is 0 Å². The van der Waals surface area contributed by atoms with Crippen molar-refractivity contribution in [1.82, 2.24) is 0 Å². The topological polar surface area (TPSA) is 33.0 Å². The highest BCUT2D eigenvalue weighted by molar-refractivity contribution is 5.41. The summed E-state index contributed by atoms with van der Waals surface area (Å²) in [6.07, 6.45) is -4.50. The fraction of sp³-hybridized carbons (Fsp3) is 0.133. The quantitative estimate of drug-likeness (QED) is 0.844. The molecular formula is C15H10F3NO. The van der Waals surface area contributed by atoms with Gasteiger partial charge in [0.15, 0.2) is 0 Å². The number of ether oxygens (including phenoxy) is 1. The van der Waals surface area contributed by atoms with Gasteiger partial charge in [-0.2, -0.15) is 18.4 Å². The number of hydrogen-bond donors (Lipinski definition) is 0. The van der Waals surface area contributed by atoms with Crippen LogP contribution in [0.3, 0.4) is 0 Å². The van der Waals surface area contributed by atoms with Crippen molar-refractivity contribution in [2.45, 2.75) is 12.8 Å². The minimum absolute atomic E-state index is 0.0280. The van der Waals surface area contributed by atoms with Crippen LogP contribution in [0.15, 0.2) is 48.5 Å². The Kier molecular flexibility index (Phi) is 3.94. The Morgan fingerprint density at radius 1 is 1.05 bits per heavy atom. The maximum absolute atomic E-state index is 12.7. The van der Waals surface area contributed by atoms with E-state index in [1.807, 2.05) is 18.2 Å². The van der Waals surface area contributed by atoms with Crippen LogP contribution in [-0.2, 0) is 12.8 Å². The molecule has 102 valence electrons. The summed E-state index contributed by atoms with van der Waals surface area (Å²) in [5.41, 5.74) is -0.133. The summed E-state index contributed by atoms with van der Waals surface area (Å²) in [7, 11) is 0. The van der Waals surface area contributed by atoms with Crippen LogP contribution >= 0.6 is 0 Å². The predicted molar refractivity (Wildman–Crippen MR) is 66.9 cm³/mol. The number of halogens is 3. The number of hydrogen-bond acceptors (Lipinski definition) is 2. The van der Waals surface area contributed by atoms with Crippen LogP contribution in [0.4, 0.5) is 13.2 Å². The van der Waals surface area contributed by atoms with E-state index in [9.17, 15) is 13.2 Å². The molecule has 2 aromatic rings. The van der Waals surface area contributed by atoms with E-state index in [-0.39, 0.29) is 17.9 Å². The summed E-state index contributed by atoms with van der Waals surface area (Å²) in [6, 6.07) is 13.7. The van der Waals surface area contributed by atoms with Crippen molar-refractivity contribution < 1.29 is 17.9 Å². The Morgan fingerprint density at radius 3 is 2.35 bits per heavy atom. The third-order valence-electron chi connectivity index (χ3n) is 2.61. The summed E-state index contributed by atoms with van der Waals surface area (Å²) in [4.78, 5) is 0. The van der Waals surface area contributed by atoms with E-state index < -0.39 is 11.7 Å². The molecule has 0 spiro atoms. The van der Waals surface area contributed by atoms with Crippen molar-refractivity contribution in [3.05, 3.63) is 65.2 Å². The van der Waals surface area contributed by atoms with Crippen LogP contribution < -0.4 is 4.74 Å². The van der Waals surface area contributed by atoms with E-state index in [1.165, 1.54) is 6.07 Å². The number of nitriles is 1. The van der Waals surface area contributed by atoms with E-state index >= 15 is 0 Å². The zero-order chi connectivity index (χ0) is 14.6. The first kappa shape index (κ1) is 13.9. The van der Waals surface area contributed by atoms with Crippen LogP contribution in [0.2, 0.25) is 0 Å². The number of rotatable bonds is 3. The fourth-order valence-electron chi connectivity index (χ4n) is 1.65. The van der Waals surface area contributed by atoms with Crippen LogP contribution in [0.25, 0.3) is 0 Å². The lowest BCUT2D eigenvalue weighted by atomic mass is 10.1. The Hall–Kier alpha value is -2.48. The zero-order valence-electron chi connectivity index (χ0n) is 10.3. The Morgan fingerprint density at radius 2 is 1.75 bits per heavy atom. The second kappa shape index (κ2) is 5.66. The summed E-state index contributed by atoms with van der Waals surface area (Å²) in [6.45, 7) is 0.146. The van der Waals surface area contributed by atoms with E-state index in [0.717, 1.165) is 17.7 Å². The van der Waals surface area contributed by atoms with Gasteiger partial charge in [-0.3, -0.25) is 0 Å². The molecule has 0 aliphatic carbocycles. The standard InChI is InChI=1S/C15H10F3NO/c16-15(17,18)13-6-12(9-19)7-14(8-13)20-10-11-4-2-1-3-5-11/h1-8H,10H2. The second-order valence-electron chi connectivity index (χ2n) is 4.13. The number of nitrogens with zero attached hydrogens (tertiary/aromatic N) is 1. The molecular weight excluding hydrogens is 267 g/mol. The molecule has 2 rings (SSSR count). The molecule has 0 saturated heterocycles. The molecule has 0 N–H and O–H groups in total. The maximum Gasteiger partial charge on any atom is 0.416 e. The van der Waals surface area contributed by atoms with Crippen molar-refractivity contribution in [3.63, 3.8) is 0 Å². The SMILES string of the molecule is N#Cc1cc(OCc2ccccc2)cc(C(F)(F)F)c1. The van der Waals surface area contributed by atoms with Crippen LogP contribution in [0, 0.1) is 11.3 Å². The fourth-order valence-corrected chi connectivity index (χ4v) is 1.65. The highest BCUT2D eigenvalue weighted by Crippen LogP contribution is 2.32. The first-order valence-corrected chi connectivity index (χ1v) is 5.78. The van der Waals surface area contributed by atoms with Gasteiger partial charge in [-0.1, -0.05) is 30.3 Å². The molecule has 0 aromatic heterocycles. The lowest BCUT2D eigenvalue weighted by molar-refractivity contribution is -0.137. The molecule has 0 aliphatic rings. The van der Waals surface area contributed by atoms with Crippen molar-refractivity contribution in [1.29, 1.82) is 5.26 Å². The Bertz CT molecular complexity index is 630. The third kappa shape index (κ3) is 3.51. The van der Waals surface area contributed by atoms with E-state index in [4.69, 9.17) is 10.00 Å². The maximum atomic E-state index is 12.7. The monoisotopic (exact) mass is 277 g/mol. The molecule has 0 aliphatic heterocycles. The number of alkyl halides is 3. The van der Waals surface area contributed by atoms with E-state index in [2.05, 4.69) is 0 Å². The van der Waals surface area contributed by atoms with Gasteiger partial charge in [0.2, 0.25) is 0 Å². The van der Waals surface area contributed by atoms with Gasteiger partial charge in [-0.05, 0) is 23.8 Å². The third-order valence-corrected chi connectivity index (χ3v) is 2.61. The Labute approximate surface area is 114 Å². The van der Waals surface area contributed by atoms with Crippen molar-refractivity contribution >= 4 is 0 Å². The van der Waals surface area contributed by atoms with Gasteiger partial charge in [0.05, 0.1) is 17.2 Å². The smallest absolute Gasteiger partial charge is 0.416 e. The van der Waals surface area contributed by atoms with Gasteiger partial charge in [-0.15, -0.1) is 0 Å². The summed E-state index contributed by atoms with van der Waals surface area (Å²) in [5.74, 6) is 0.0280. The lowest BCUT2D eigenvalue weighted by Gasteiger charge is -2.11. The molecule has 0 atom stereocenters. The molecule has 0 saturated carbocycles.